The third-order valence-corrected chi connectivity index (χ3v) is 14.5. The fourth-order valence-corrected chi connectivity index (χ4v) is 11.5. The summed E-state index contributed by atoms with van der Waals surface area (Å²) in [6, 6.07) is 74.3. The van der Waals surface area contributed by atoms with Crippen LogP contribution in [-0.2, 0) is 5.41 Å². The first-order valence-electron chi connectivity index (χ1n) is 26.3. The Labute approximate surface area is 410 Å². The Morgan fingerprint density at radius 3 is 1.59 bits per heavy atom. The molecule has 0 N–H and O–H groups in total. The molecule has 1 atom stereocenters. The van der Waals surface area contributed by atoms with Gasteiger partial charge in [-0.15, -0.1) is 11.3 Å². The summed E-state index contributed by atoms with van der Waals surface area (Å²) in [4.78, 5) is 4.50. The predicted molar refractivity (Wildman–Crippen MR) is 289 cm³/mol. The van der Waals surface area contributed by atoms with Crippen molar-refractivity contribution in [2.45, 2.75) is 5.41 Å². The number of nitrogens with zero attached hydrogens (tertiary/aromatic N) is 2. The number of fused-ring (bicyclic) bond motifs is 7. The van der Waals surface area contributed by atoms with Crippen molar-refractivity contribution >= 4 is 76.4 Å². The number of hydrogen-bond donors (Lipinski definition) is 0. The van der Waals surface area contributed by atoms with Crippen LogP contribution in [0.2, 0.25) is 0 Å². The minimum Gasteiger partial charge on any atom is -0.310 e. The summed E-state index contributed by atoms with van der Waals surface area (Å²) in [6.45, 7) is 0. The van der Waals surface area contributed by atoms with Gasteiger partial charge >= 0.3 is 0 Å². The highest BCUT2D eigenvalue weighted by molar-refractivity contribution is 7.25. The summed E-state index contributed by atoms with van der Waals surface area (Å²) in [7, 11) is 0. The van der Waals surface area contributed by atoms with E-state index >= 15 is 0 Å². The molecule has 0 spiro atoms. The first-order valence-corrected chi connectivity index (χ1v) is 23.6. The molecule has 13 rings (SSSR count). The highest BCUT2D eigenvalue weighted by atomic mass is 32.1. The molecule has 0 saturated heterocycles. The fourth-order valence-electron chi connectivity index (χ4n) is 10.4. The van der Waals surface area contributed by atoms with Crippen molar-refractivity contribution in [1.29, 1.82) is 0 Å². The Hall–Kier alpha value is -8.50. The lowest BCUT2D eigenvalue weighted by Crippen LogP contribution is -2.28. The van der Waals surface area contributed by atoms with Crippen molar-refractivity contribution in [3.8, 4) is 22.3 Å². The van der Waals surface area contributed by atoms with Crippen molar-refractivity contribution < 1.29 is 9.60 Å². The first-order chi connectivity index (χ1) is 36.6. The third-order valence-electron chi connectivity index (χ3n) is 13.3. The van der Waals surface area contributed by atoms with E-state index in [0.717, 1.165) is 93.2 Å². The van der Waals surface area contributed by atoms with Gasteiger partial charge in [0, 0.05) is 54.2 Å². The van der Waals surface area contributed by atoms with E-state index in [1.54, 1.807) is 11.3 Å². The predicted octanol–water partition coefficient (Wildman–Crippen LogP) is 18.2. The molecule has 12 aromatic rings. The van der Waals surface area contributed by atoms with E-state index in [0.29, 0.717) is 0 Å². The van der Waals surface area contributed by atoms with Gasteiger partial charge in [-0.25, -0.2) is 0 Å². The van der Waals surface area contributed by atoms with Gasteiger partial charge in [0.2, 0.25) is 0 Å². The molecule has 1 heterocycles. The van der Waals surface area contributed by atoms with Crippen LogP contribution in [0.5, 0.6) is 0 Å². The Balaban J connectivity index is 1.18. The highest BCUT2D eigenvalue weighted by Crippen LogP contribution is 2.59. The van der Waals surface area contributed by atoms with Crippen molar-refractivity contribution in [1.82, 2.24) is 0 Å². The van der Waals surface area contributed by atoms with Crippen molar-refractivity contribution in [3.63, 3.8) is 0 Å². The van der Waals surface area contributed by atoms with Gasteiger partial charge in [-0.05, 0) is 135 Å². The van der Waals surface area contributed by atoms with Crippen molar-refractivity contribution in [2.24, 2.45) is 0 Å². The second-order valence-corrected chi connectivity index (χ2v) is 18.2. The van der Waals surface area contributed by atoms with E-state index in [1.807, 2.05) is 84.9 Å². The molecule has 0 fully saturated rings. The maximum Gasteiger partial charge on any atom is 0.0714 e. The molecule has 320 valence electrons. The van der Waals surface area contributed by atoms with E-state index in [2.05, 4.69) is 149 Å². The van der Waals surface area contributed by atoms with Gasteiger partial charge in [0.25, 0.3) is 0 Å². The first kappa shape index (κ1) is 33.0. The molecule has 0 saturated carbocycles. The summed E-state index contributed by atoms with van der Waals surface area (Å²) in [5.41, 5.74) is 10.4. The lowest BCUT2D eigenvalue weighted by Gasteiger charge is -2.35. The highest BCUT2D eigenvalue weighted by Gasteiger charge is 2.47. The molecule has 1 aromatic heterocycles. The molecule has 11 aromatic carbocycles. The number of thiophene rings is 1. The van der Waals surface area contributed by atoms with Crippen LogP contribution in [0.15, 0.2) is 267 Å². The van der Waals surface area contributed by atoms with Gasteiger partial charge < -0.3 is 9.80 Å². The van der Waals surface area contributed by atoms with Gasteiger partial charge in [-0.2, -0.15) is 0 Å². The SMILES string of the molecule is [2H]c1c([2H])c([2H])c2c([2H])c(C3(c4ccc5c(c4)sc4ccccc45)c4ccc(N(c5ccccc5)c5ccccc5)cc4-c4cc(N(c5ccccc5)c5ccccc5-c5ccccc5)ccc43)c([2H])c([2H])c2c1[2H]. The average Bonchev–Trinajstić information content (AvgIpc) is 3.98. The zero-order valence-corrected chi connectivity index (χ0v) is 37.5. The topological polar surface area (TPSA) is 6.48 Å². The maximum atomic E-state index is 10.4. The van der Waals surface area contributed by atoms with Crippen LogP contribution in [0, 0.1) is 0 Å². The second kappa shape index (κ2) is 16.4. The number of anilines is 6. The third kappa shape index (κ3) is 6.46. The summed E-state index contributed by atoms with van der Waals surface area (Å²) < 4.78 is 68.2. The summed E-state index contributed by atoms with van der Waals surface area (Å²) in [5, 5.41) is 1.96. The normalized spacial score (nSPS) is 15.4. The molecular formula is C65H44N2S. The molecule has 68 heavy (non-hydrogen) atoms. The summed E-state index contributed by atoms with van der Waals surface area (Å²) in [5.74, 6) is 0. The lowest BCUT2D eigenvalue weighted by atomic mass is 9.67. The zero-order valence-electron chi connectivity index (χ0n) is 43.7. The van der Waals surface area contributed by atoms with E-state index < -0.39 is 29.6 Å². The standard InChI is InChI=1S/C65H44N2S/c1-5-20-46(21-6-1)55-29-15-17-31-62(55)67(52-27-11-4-12-28-52)54-37-40-61-59(44-54)58-43-53(66(50-23-7-2-8-24-50)51-25-9-3-10-26-51)36-39-60(58)65(61,48-34-33-45-19-13-14-22-47(45)41-48)49-35-38-57-56-30-16-18-32-63(56)68-64(57)42-49/h1-44H/i13D,14D,19D,22D,33D,34D,41D. The quantitative estimate of drug-likeness (QED) is 0.142. The second-order valence-electron chi connectivity index (χ2n) is 17.1. The zero-order chi connectivity index (χ0) is 51.1. The smallest absolute Gasteiger partial charge is 0.0714 e. The van der Waals surface area contributed by atoms with Crippen LogP contribution in [0.3, 0.4) is 0 Å². The number of para-hydroxylation sites is 4. The van der Waals surface area contributed by atoms with Crippen LogP contribution in [0.25, 0.3) is 53.2 Å². The maximum absolute atomic E-state index is 10.4. The average molecular weight is 892 g/mol. The molecule has 0 amide bonds. The Morgan fingerprint density at radius 1 is 0.368 bits per heavy atom. The lowest BCUT2D eigenvalue weighted by molar-refractivity contribution is 0.771. The Kier molecular flexibility index (Phi) is 7.98. The van der Waals surface area contributed by atoms with Crippen LogP contribution in [0.1, 0.15) is 31.8 Å². The summed E-state index contributed by atoms with van der Waals surface area (Å²) >= 11 is 1.67. The Morgan fingerprint density at radius 2 is 0.912 bits per heavy atom. The van der Waals surface area contributed by atoms with Gasteiger partial charge in [0.15, 0.2) is 0 Å². The fraction of sp³-hybridized carbons (Fsp3) is 0.0154. The van der Waals surface area contributed by atoms with Crippen LogP contribution < -0.4 is 9.80 Å². The van der Waals surface area contributed by atoms with Crippen LogP contribution in [-0.4, -0.2) is 0 Å². The van der Waals surface area contributed by atoms with Crippen molar-refractivity contribution in [3.05, 3.63) is 289 Å². The number of benzene rings is 11. The van der Waals surface area contributed by atoms with E-state index in [-0.39, 0.29) is 34.5 Å². The van der Waals surface area contributed by atoms with Crippen LogP contribution in [0.4, 0.5) is 34.1 Å². The minimum absolute atomic E-state index is 0.0883. The van der Waals surface area contributed by atoms with E-state index in [4.69, 9.17) is 4.11 Å². The van der Waals surface area contributed by atoms with Gasteiger partial charge in [-0.3, -0.25) is 0 Å². The molecular weight excluding hydrogens is 841 g/mol. The molecule has 0 aliphatic heterocycles. The van der Waals surface area contributed by atoms with E-state index in [1.165, 1.54) is 0 Å². The van der Waals surface area contributed by atoms with Gasteiger partial charge in [0.05, 0.1) is 20.7 Å². The molecule has 3 heteroatoms. The number of rotatable bonds is 9. The van der Waals surface area contributed by atoms with Gasteiger partial charge in [0.1, 0.15) is 0 Å². The Bertz CT molecular complexity index is 4190. The molecule has 1 unspecified atom stereocenters. The summed E-state index contributed by atoms with van der Waals surface area (Å²) in [6.07, 6.45) is 0. The molecule has 2 nitrogen and oxygen atoms in total. The molecule has 1 aliphatic carbocycles. The van der Waals surface area contributed by atoms with Crippen LogP contribution >= 0.6 is 11.3 Å². The molecule has 1 aliphatic rings. The molecule has 0 bridgehead atoms. The van der Waals surface area contributed by atoms with Gasteiger partial charge in [-0.1, -0.05) is 182 Å². The largest absolute Gasteiger partial charge is 0.310 e. The minimum atomic E-state index is -1.45. The number of hydrogen-bond acceptors (Lipinski definition) is 3. The van der Waals surface area contributed by atoms with Crippen molar-refractivity contribution in [2.75, 3.05) is 9.80 Å². The van der Waals surface area contributed by atoms with E-state index in [9.17, 15) is 5.48 Å². The monoisotopic (exact) mass is 891 g/mol. The molecule has 0 radical (unpaired) electrons.